The molecule has 0 unspecified atom stereocenters. The number of anilines is 1. The number of amides is 2. The molecule has 2 N–H and O–H groups in total. The Bertz CT molecular complexity index is 1190. The minimum absolute atomic E-state index is 0.156. The SMILES string of the molecule is CCOC(=O)Oc1ccc(C(=O)Nc2ccccc2CNC(=O)/C=C/c2ccccc2F)cc1. The van der Waals surface area contributed by atoms with Gasteiger partial charge < -0.3 is 20.1 Å². The predicted molar refractivity (Wildman–Crippen MR) is 126 cm³/mol. The number of halogens is 1. The van der Waals surface area contributed by atoms with Crippen LogP contribution in [0.15, 0.2) is 78.9 Å². The molecule has 3 aromatic rings. The van der Waals surface area contributed by atoms with Gasteiger partial charge in [0.2, 0.25) is 5.91 Å². The Hall–Kier alpha value is -4.46. The quantitative estimate of drug-likeness (QED) is 0.281. The highest BCUT2D eigenvalue weighted by atomic mass is 19.1. The van der Waals surface area contributed by atoms with E-state index in [9.17, 15) is 18.8 Å². The van der Waals surface area contributed by atoms with Crippen molar-refractivity contribution in [3.63, 3.8) is 0 Å². The van der Waals surface area contributed by atoms with E-state index in [1.54, 1.807) is 49.4 Å². The van der Waals surface area contributed by atoms with Crippen LogP contribution in [0.1, 0.15) is 28.4 Å². The van der Waals surface area contributed by atoms with E-state index in [-0.39, 0.29) is 24.8 Å². The highest BCUT2D eigenvalue weighted by Crippen LogP contribution is 2.18. The molecule has 3 rings (SSSR count). The van der Waals surface area contributed by atoms with Gasteiger partial charge in [0, 0.05) is 29.4 Å². The van der Waals surface area contributed by atoms with E-state index in [2.05, 4.69) is 10.6 Å². The highest BCUT2D eigenvalue weighted by molar-refractivity contribution is 6.04. The van der Waals surface area contributed by atoms with Gasteiger partial charge in [0.1, 0.15) is 11.6 Å². The fourth-order valence-corrected chi connectivity index (χ4v) is 2.93. The number of carbonyl (C=O) groups excluding carboxylic acids is 3. The fraction of sp³-hybridized carbons (Fsp3) is 0.115. The molecule has 0 spiro atoms. The van der Waals surface area contributed by atoms with Crippen LogP contribution in [0.5, 0.6) is 5.75 Å². The summed E-state index contributed by atoms with van der Waals surface area (Å²) in [4.78, 5) is 36.2. The first-order valence-corrected chi connectivity index (χ1v) is 10.5. The second kappa shape index (κ2) is 12.0. The van der Waals surface area contributed by atoms with Crippen LogP contribution in [0, 0.1) is 5.82 Å². The topological polar surface area (TPSA) is 93.7 Å². The zero-order chi connectivity index (χ0) is 24.3. The van der Waals surface area contributed by atoms with Gasteiger partial charge in [-0.15, -0.1) is 0 Å². The number of hydrogen-bond acceptors (Lipinski definition) is 5. The van der Waals surface area contributed by atoms with Crippen molar-refractivity contribution in [3.05, 3.63) is 101 Å². The van der Waals surface area contributed by atoms with Crippen molar-refractivity contribution in [1.82, 2.24) is 5.32 Å². The smallest absolute Gasteiger partial charge is 0.434 e. The molecule has 0 aliphatic heterocycles. The molecule has 8 heteroatoms. The largest absolute Gasteiger partial charge is 0.513 e. The summed E-state index contributed by atoms with van der Waals surface area (Å²) in [5.41, 5.74) is 1.87. The summed E-state index contributed by atoms with van der Waals surface area (Å²) in [6.45, 7) is 2.02. The van der Waals surface area contributed by atoms with E-state index in [1.807, 2.05) is 0 Å². The van der Waals surface area contributed by atoms with Gasteiger partial charge in [-0.25, -0.2) is 9.18 Å². The van der Waals surface area contributed by atoms with Gasteiger partial charge in [-0.3, -0.25) is 9.59 Å². The molecule has 7 nitrogen and oxygen atoms in total. The van der Waals surface area contributed by atoms with E-state index in [1.165, 1.54) is 42.5 Å². The van der Waals surface area contributed by atoms with Gasteiger partial charge >= 0.3 is 6.16 Å². The van der Waals surface area contributed by atoms with Crippen LogP contribution >= 0.6 is 0 Å². The minimum Gasteiger partial charge on any atom is -0.434 e. The average Bonchev–Trinajstić information content (AvgIpc) is 2.83. The third-order valence-electron chi connectivity index (χ3n) is 4.62. The third kappa shape index (κ3) is 7.03. The average molecular weight is 462 g/mol. The molecule has 174 valence electrons. The van der Waals surface area contributed by atoms with Gasteiger partial charge in [0.15, 0.2) is 0 Å². The maximum absolute atomic E-state index is 13.7. The van der Waals surface area contributed by atoms with Crippen molar-refractivity contribution < 1.29 is 28.2 Å². The van der Waals surface area contributed by atoms with Crippen LogP contribution < -0.4 is 15.4 Å². The second-order valence-electron chi connectivity index (χ2n) is 6.99. The van der Waals surface area contributed by atoms with Crippen LogP contribution in [0.2, 0.25) is 0 Å². The summed E-state index contributed by atoms with van der Waals surface area (Å²) in [6.07, 6.45) is 1.83. The zero-order valence-corrected chi connectivity index (χ0v) is 18.4. The Morgan fingerprint density at radius 1 is 0.941 bits per heavy atom. The first-order valence-electron chi connectivity index (χ1n) is 10.5. The lowest BCUT2D eigenvalue weighted by Gasteiger charge is -2.12. The van der Waals surface area contributed by atoms with Crippen LogP contribution in [-0.4, -0.2) is 24.6 Å². The predicted octanol–water partition coefficient (Wildman–Crippen LogP) is 4.94. The molecule has 3 aromatic carbocycles. The normalized spacial score (nSPS) is 10.5. The summed E-state index contributed by atoms with van der Waals surface area (Å²) in [5, 5.41) is 5.52. The lowest BCUT2D eigenvalue weighted by molar-refractivity contribution is -0.116. The Balaban J connectivity index is 1.59. The summed E-state index contributed by atoms with van der Waals surface area (Å²) in [5.74, 6) is -0.941. The van der Waals surface area contributed by atoms with Crippen molar-refractivity contribution in [3.8, 4) is 5.75 Å². The molecule has 0 fully saturated rings. The summed E-state index contributed by atoms with van der Waals surface area (Å²) in [7, 11) is 0. The molecule has 0 heterocycles. The Kier molecular flexibility index (Phi) is 8.51. The number of benzene rings is 3. The monoisotopic (exact) mass is 462 g/mol. The van der Waals surface area contributed by atoms with Crippen LogP contribution in [0.25, 0.3) is 6.08 Å². The first kappa shape index (κ1) is 24.2. The number of rotatable bonds is 8. The van der Waals surface area contributed by atoms with Crippen molar-refractivity contribution in [1.29, 1.82) is 0 Å². The summed E-state index contributed by atoms with van der Waals surface area (Å²) in [6, 6.07) is 19.2. The van der Waals surface area contributed by atoms with E-state index in [0.717, 1.165) is 0 Å². The standard InChI is InChI=1S/C26H23FN2O5/c1-2-33-26(32)34-21-14-11-19(12-15-21)25(31)29-23-10-6-4-8-20(23)17-28-24(30)16-13-18-7-3-5-9-22(18)27/h3-16H,2,17H2,1H3,(H,28,30)(H,29,31)/b16-13+. The van der Waals surface area contributed by atoms with Crippen molar-refractivity contribution in [2.45, 2.75) is 13.5 Å². The molecule has 0 radical (unpaired) electrons. The van der Waals surface area contributed by atoms with Gasteiger partial charge in [0.05, 0.1) is 6.61 Å². The van der Waals surface area contributed by atoms with Gasteiger partial charge in [0.25, 0.3) is 5.91 Å². The maximum Gasteiger partial charge on any atom is 0.513 e. The Morgan fingerprint density at radius 2 is 1.65 bits per heavy atom. The minimum atomic E-state index is -0.820. The van der Waals surface area contributed by atoms with Crippen LogP contribution in [0.4, 0.5) is 14.9 Å². The molecule has 0 saturated heterocycles. The van der Waals surface area contributed by atoms with E-state index in [0.29, 0.717) is 22.4 Å². The van der Waals surface area contributed by atoms with Crippen molar-refractivity contribution in [2.75, 3.05) is 11.9 Å². The lowest BCUT2D eigenvalue weighted by atomic mass is 10.1. The maximum atomic E-state index is 13.7. The second-order valence-corrected chi connectivity index (χ2v) is 6.99. The molecule has 0 aliphatic rings. The van der Waals surface area contributed by atoms with Crippen molar-refractivity contribution >= 4 is 29.7 Å². The molecule has 0 bridgehead atoms. The van der Waals surface area contributed by atoms with Crippen LogP contribution in [-0.2, 0) is 16.1 Å². The first-order chi connectivity index (χ1) is 16.5. The van der Waals surface area contributed by atoms with E-state index < -0.39 is 17.9 Å². The highest BCUT2D eigenvalue weighted by Gasteiger charge is 2.11. The molecule has 2 amide bonds. The molecule has 0 aliphatic carbocycles. The molecule has 0 atom stereocenters. The van der Waals surface area contributed by atoms with Gasteiger partial charge in [-0.05, 0) is 55.0 Å². The molecule has 0 aromatic heterocycles. The lowest BCUT2D eigenvalue weighted by Crippen LogP contribution is -2.22. The molecule has 34 heavy (non-hydrogen) atoms. The molecular formula is C26H23FN2O5. The third-order valence-corrected chi connectivity index (χ3v) is 4.62. The summed E-state index contributed by atoms with van der Waals surface area (Å²) < 4.78 is 23.3. The number of nitrogens with one attached hydrogen (secondary N) is 2. The van der Waals surface area contributed by atoms with E-state index in [4.69, 9.17) is 9.47 Å². The van der Waals surface area contributed by atoms with Crippen molar-refractivity contribution in [2.24, 2.45) is 0 Å². The number of para-hydroxylation sites is 1. The van der Waals surface area contributed by atoms with Gasteiger partial charge in [-0.1, -0.05) is 36.4 Å². The fourth-order valence-electron chi connectivity index (χ4n) is 2.93. The number of hydrogen-bond donors (Lipinski definition) is 2. The summed E-state index contributed by atoms with van der Waals surface area (Å²) >= 11 is 0. The van der Waals surface area contributed by atoms with Gasteiger partial charge in [-0.2, -0.15) is 0 Å². The van der Waals surface area contributed by atoms with E-state index >= 15 is 0 Å². The number of carbonyl (C=O) groups is 3. The number of ether oxygens (including phenoxy) is 2. The zero-order valence-electron chi connectivity index (χ0n) is 18.4. The van der Waals surface area contributed by atoms with Crippen LogP contribution in [0.3, 0.4) is 0 Å². The Labute approximate surface area is 196 Å². The molecular weight excluding hydrogens is 439 g/mol. The Morgan fingerprint density at radius 3 is 2.38 bits per heavy atom. The molecule has 0 saturated carbocycles.